The molecule has 1 atom stereocenters. The minimum Gasteiger partial charge on any atom is -0.503 e. The summed E-state index contributed by atoms with van der Waals surface area (Å²) in [7, 11) is 0. The number of carboxylic acid groups (broad SMARTS) is 1. The number of hydrogen-bond donors (Lipinski definition) is 4. The Balaban J connectivity index is 3.09. The molecule has 1 aromatic carbocycles. The summed E-state index contributed by atoms with van der Waals surface area (Å²) in [5.74, 6) is -11.3. The predicted octanol–water partition coefficient (Wildman–Crippen LogP) is -0.132. The van der Waals surface area contributed by atoms with Gasteiger partial charge < -0.3 is 21.3 Å². The fourth-order valence-corrected chi connectivity index (χ4v) is 1.39. The fraction of sp³-hybridized carbons (Fsp3) is 0.182. The highest BCUT2D eigenvalue weighted by Crippen LogP contribution is 2.25. The number of nitrogens with one attached hydrogen (secondary N) is 1. The molecule has 0 aliphatic rings. The highest BCUT2D eigenvalue weighted by molar-refractivity contribution is 5.98. The average molecular weight is 306 g/mol. The van der Waals surface area contributed by atoms with Crippen LogP contribution in [-0.2, 0) is 9.59 Å². The van der Waals surface area contributed by atoms with Gasteiger partial charge in [-0.1, -0.05) is 0 Å². The lowest BCUT2D eigenvalue weighted by Gasteiger charge is -2.13. The van der Waals surface area contributed by atoms with Crippen molar-refractivity contribution in [3.63, 3.8) is 0 Å². The van der Waals surface area contributed by atoms with Crippen LogP contribution in [0.5, 0.6) is 5.75 Å². The maximum Gasteiger partial charge on any atom is 0.326 e. The van der Waals surface area contributed by atoms with Gasteiger partial charge in [0.2, 0.25) is 11.7 Å². The number of phenolic OH excluding ortho intramolecular Hbond substituents is 1. The van der Waals surface area contributed by atoms with Gasteiger partial charge in [0, 0.05) is 0 Å². The maximum absolute atomic E-state index is 13.5. The number of phenols is 1. The predicted molar refractivity (Wildman–Crippen MR) is 60.7 cm³/mol. The van der Waals surface area contributed by atoms with Gasteiger partial charge in [-0.2, -0.15) is 4.39 Å². The van der Waals surface area contributed by atoms with Crippen LogP contribution in [0.4, 0.5) is 13.2 Å². The van der Waals surface area contributed by atoms with E-state index in [9.17, 15) is 27.6 Å². The first kappa shape index (κ1) is 16.3. The molecule has 21 heavy (non-hydrogen) atoms. The molecule has 7 nitrogen and oxygen atoms in total. The van der Waals surface area contributed by atoms with Crippen LogP contribution >= 0.6 is 0 Å². The summed E-state index contributed by atoms with van der Waals surface area (Å²) < 4.78 is 39.3. The van der Waals surface area contributed by atoms with E-state index >= 15 is 0 Å². The number of carboxylic acids is 1. The first-order valence-corrected chi connectivity index (χ1v) is 5.33. The first-order chi connectivity index (χ1) is 9.65. The fourth-order valence-electron chi connectivity index (χ4n) is 1.39. The Morgan fingerprint density at radius 3 is 2.29 bits per heavy atom. The van der Waals surface area contributed by atoms with E-state index in [1.54, 1.807) is 5.32 Å². The number of aliphatic carboxylic acids is 1. The zero-order valence-corrected chi connectivity index (χ0v) is 10.2. The van der Waals surface area contributed by atoms with Crippen molar-refractivity contribution >= 4 is 17.8 Å². The van der Waals surface area contributed by atoms with Crippen LogP contribution in [0.2, 0.25) is 0 Å². The molecule has 1 rings (SSSR count). The molecule has 0 bridgehead atoms. The number of benzene rings is 1. The number of nitrogens with two attached hydrogens (primary N) is 1. The smallest absolute Gasteiger partial charge is 0.326 e. The largest absolute Gasteiger partial charge is 0.503 e. The molecule has 0 aliphatic carbocycles. The molecular weight excluding hydrogens is 297 g/mol. The number of rotatable bonds is 5. The van der Waals surface area contributed by atoms with Crippen molar-refractivity contribution in [2.75, 3.05) is 0 Å². The molecule has 114 valence electrons. The molecule has 0 saturated carbocycles. The Morgan fingerprint density at radius 2 is 1.81 bits per heavy atom. The number of aromatic hydroxyl groups is 1. The standard InChI is InChI=1S/C11H9F3N2O5/c12-4-1-3(7(13)9(18)8(4)14)10(19)16-5(11(20)21)2-6(15)17/h1,5,18H,2H2,(H2,15,17)(H,16,19)(H,20,21). The van der Waals surface area contributed by atoms with Gasteiger partial charge in [-0.05, 0) is 6.07 Å². The minimum atomic E-state index is -1.89. The summed E-state index contributed by atoms with van der Waals surface area (Å²) in [5, 5.41) is 19.4. The van der Waals surface area contributed by atoms with Crippen molar-refractivity contribution in [2.45, 2.75) is 12.5 Å². The van der Waals surface area contributed by atoms with Gasteiger partial charge in [0.05, 0.1) is 12.0 Å². The average Bonchev–Trinajstić information content (AvgIpc) is 2.38. The molecular formula is C11H9F3N2O5. The van der Waals surface area contributed by atoms with Crippen LogP contribution in [0.15, 0.2) is 6.07 Å². The van der Waals surface area contributed by atoms with Gasteiger partial charge in [0.15, 0.2) is 17.4 Å². The van der Waals surface area contributed by atoms with Crippen molar-refractivity contribution in [1.82, 2.24) is 5.32 Å². The lowest BCUT2D eigenvalue weighted by Crippen LogP contribution is -2.43. The maximum atomic E-state index is 13.5. The summed E-state index contributed by atoms with van der Waals surface area (Å²) in [5.41, 5.74) is 3.64. The summed E-state index contributed by atoms with van der Waals surface area (Å²) in [4.78, 5) is 33.0. The topological polar surface area (TPSA) is 130 Å². The molecule has 0 aliphatic heterocycles. The van der Waals surface area contributed by atoms with E-state index in [0.717, 1.165) is 0 Å². The second-order valence-electron chi connectivity index (χ2n) is 3.92. The summed E-state index contributed by atoms with van der Waals surface area (Å²) >= 11 is 0. The summed E-state index contributed by atoms with van der Waals surface area (Å²) in [6.45, 7) is 0. The van der Waals surface area contributed by atoms with Crippen LogP contribution in [0.25, 0.3) is 0 Å². The Kier molecular flexibility index (Phi) is 4.74. The third-order valence-corrected chi connectivity index (χ3v) is 2.39. The molecule has 0 radical (unpaired) electrons. The number of carbonyl (C=O) groups excluding carboxylic acids is 2. The van der Waals surface area contributed by atoms with Crippen molar-refractivity contribution in [2.24, 2.45) is 5.73 Å². The van der Waals surface area contributed by atoms with Gasteiger partial charge in [0.1, 0.15) is 6.04 Å². The third kappa shape index (κ3) is 3.61. The zero-order chi connectivity index (χ0) is 16.3. The Hall–Kier alpha value is -2.78. The number of primary amides is 1. The van der Waals surface area contributed by atoms with Crippen LogP contribution in [0.1, 0.15) is 16.8 Å². The Morgan fingerprint density at radius 1 is 1.24 bits per heavy atom. The van der Waals surface area contributed by atoms with Crippen LogP contribution in [0.3, 0.4) is 0 Å². The Bertz CT molecular complexity index is 620. The van der Waals surface area contributed by atoms with E-state index in [1.807, 2.05) is 0 Å². The number of carbonyl (C=O) groups is 3. The monoisotopic (exact) mass is 306 g/mol. The first-order valence-electron chi connectivity index (χ1n) is 5.33. The Labute approximate surface area is 115 Å². The lowest BCUT2D eigenvalue weighted by molar-refractivity contribution is -0.140. The molecule has 1 aromatic rings. The van der Waals surface area contributed by atoms with E-state index in [-0.39, 0.29) is 6.07 Å². The van der Waals surface area contributed by atoms with Gasteiger partial charge in [-0.3, -0.25) is 9.59 Å². The quantitative estimate of drug-likeness (QED) is 0.563. The molecule has 0 spiro atoms. The molecule has 0 heterocycles. The van der Waals surface area contributed by atoms with Gasteiger partial charge in [-0.15, -0.1) is 0 Å². The molecule has 0 fully saturated rings. The molecule has 10 heteroatoms. The number of hydrogen-bond acceptors (Lipinski definition) is 4. The molecule has 1 unspecified atom stereocenters. The SMILES string of the molecule is NC(=O)CC(NC(=O)c1cc(F)c(F)c(O)c1F)C(=O)O. The van der Waals surface area contributed by atoms with Crippen molar-refractivity contribution in [3.8, 4) is 5.75 Å². The number of amides is 2. The lowest BCUT2D eigenvalue weighted by atomic mass is 10.1. The van der Waals surface area contributed by atoms with Gasteiger partial charge >= 0.3 is 5.97 Å². The summed E-state index contributed by atoms with van der Waals surface area (Å²) in [6.07, 6.45) is -0.793. The van der Waals surface area contributed by atoms with E-state index in [2.05, 4.69) is 0 Å². The van der Waals surface area contributed by atoms with Crippen molar-refractivity contribution < 1.29 is 37.8 Å². The highest BCUT2D eigenvalue weighted by atomic mass is 19.2. The van der Waals surface area contributed by atoms with E-state index < -0.39 is 59.0 Å². The molecule has 0 saturated heterocycles. The molecule has 2 amide bonds. The van der Waals surface area contributed by atoms with E-state index in [0.29, 0.717) is 0 Å². The van der Waals surface area contributed by atoms with Crippen molar-refractivity contribution in [1.29, 1.82) is 0 Å². The van der Waals surface area contributed by atoms with Crippen molar-refractivity contribution in [3.05, 3.63) is 29.1 Å². The number of halogens is 3. The van der Waals surface area contributed by atoms with Gasteiger partial charge in [-0.25, -0.2) is 13.6 Å². The van der Waals surface area contributed by atoms with E-state index in [4.69, 9.17) is 15.9 Å². The van der Waals surface area contributed by atoms with Gasteiger partial charge in [0.25, 0.3) is 5.91 Å². The second-order valence-corrected chi connectivity index (χ2v) is 3.92. The van der Waals surface area contributed by atoms with Crippen LogP contribution in [0, 0.1) is 17.5 Å². The third-order valence-electron chi connectivity index (χ3n) is 2.39. The normalized spacial score (nSPS) is 11.8. The second kappa shape index (κ2) is 6.11. The molecule has 5 N–H and O–H groups in total. The highest BCUT2D eigenvalue weighted by Gasteiger charge is 2.27. The minimum absolute atomic E-state index is 0.142. The zero-order valence-electron chi connectivity index (χ0n) is 10.2. The van der Waals surface area contributed by atoms with Crippen LogP contribution in [-0.4, -0.2) is 34.0 Å². The molecule has 0 aromatic heterocycles. The van der Waals surface area contributed by atoms with Crippen LogP contribution < -0.4 is 11.1 Å². The van der Waals surface area contributed by atoms with E-state index in [1.165, 1.54) is 0 Å². The summed E-state index contributed by atoms with van der Waals surface area (Å²) in [6, 6.07) is -1.65.